The van der Waals surface area contributed by atoms with Crippen molar-refractivity contribution in [3.63, 3.8) is 0 Å². The lowest BCUT2D eigenvalue weighted by Gasteiger charge is -2.37. The summed E-state index contributed by atoms with van der Waals surface area (Å²) in [7, 11) is 3.56. The van der Waals surface area contributed by atoms with E-state index in [9.17, 15) is 28.8 Å². The molecule has 4 saturated heterocycles. The SMILES string of the molecule is CN(C)C(=O)c1cc2cnc(Nc3ccc(N4CCN(CCC#Cc5ccc(N6CCC(C(=O)N7CCC(n8cc(CNc9cccc%10c9C(=O)N(C9CCC(=O)NC9=O)C%10=O)cn8)CC7)CC6)nc5)CC4)cn3)nc2n1C1CCCC1. The van der Waals surface area contributed by atoms with Crippen LogP contribution in [0.1, 0.15) is 125 Å². The molecule has 424 valence electrons. The van der Waals surface area contributed by atoms with Crippen molar-refractivity contribution in [1.82, 2.24) is 59.2 Å². The molecule has 6 aromatic rings. The van der Waals surface area contributed by atoms with Gasteiger partial charge in [-0.2, -0.15) is 10.1 Å². The summed E-state index contributed by atoms with van der Waals surface area (Å²) in [6, 6.07) is 14.4. The molecule has 1 unspecified atom stereocenters. The maximum absolute atomic E-state index is 13.8. The number of anilines is 5. The lowest BCUT2D eigenvalue weighted by atomic mass is 9.93. The Morgan fingerprint density at radius 3 is 2.32 bits per heavy atom. The van der Waals surface area contributed by atoms with Crippen LogP contribution in [0.4, 0.5) is 29.0 Å². The lowest BCUT2D eigenvalue weighted by molar-refractivity contribution is -0.138. The number of hydrogen-bond donors (Lipinski definition) is 3. The van der Waals surface area contributed by atoms with Gasteiger partial charge in [-0.3, -0.25) is 48.6 Å². The summed E-state index contributed by atoms with van der Waals surface area (Å²) in [5, 5.41) is 14.3. The minimum absolute atomic E-state index is 0.0187. The highest BCUT2D eigenvalue weighted by molar-refractivity contribution is 6.25. The summed E-state index contributed by atoms with van der Waals surface area (Å²) < 4.78 is 4.08. The topological polar surface area (TPSA) is 232 Å². The number of hydrogen-bond acceptors (Lipinski definition) is 16. The third kappa shape index (κ3) is 11.2. The number of likely N-dealkylation sites (tertiary alicyclic amines) is 1. The predicted molar refractivity (Wildman–Crippen MR) is 307 cm³/mol. The number of benzene rings is 1. The number of nitrogens with zero attached hydrogens (tertiary/aromatic N) is 13. The summed E-state index contributed by atoms with van der Waals surface area (Å²) in [5.74, 6) is 6.69. The Hall–Kier alpha value is -8.71. The van der Waals surface area contributed by atoms with Crippen LogP contribution in [0.15, 0.2) is 79.5 Å². The number of nitrogens with one attached hydrogen (secondary N) is 3. The van der Waals surface area contributed by atoms with Crippen LogP contribution in [0.2, 0.25) is 0 Å². The molecular formula is C60H68N16O6. The van der Waals surface area contributed by atoms with E-state index in [1.807, 2.05) is 52.4 Å². The Labute approximate surface area is 475 Å². The summed E-state index contributed by atoms with van der Waals surface area (Å²) >= 11 is 0. The van der Waals surface area contributed by atoms with Gasteiger partial charge in [0.1, 0.15) is 29.0 Å². The monoisotopic (exact) mass is 1110 g/mol. The van der Waals surface area contributed by atoms with Crippen molar-refractivity contribution in [3.05, 3.63) is 107 Å². The third-order valence-corrected chi connectivity index (χ3v) is 17.1. The molecule has 10 heterocycles. The highest BCUT2D eigenvalue weighted by atomic mass is 16.2. The van der Waals surface area contributed by atoms with Gasteiger partial charge in [-0.05, 0) is 87.4 Å². The van der Waals surface area contributed by atoms with Crippen molar-refractivity contribution in [2.75, 3.05) is 93.4 Å². The Morgan fingerprint density at radius 2 is 1.59 bits per heavy atom. The van der Waals surface area contributed by atoms with E-state index in [-0.39, 0.29) is 53.8 Å². The maximum Gasteiger partial charge on any atom is 0.270 e. The molecule has 6 amide bonds. The number of piperazine rings is 1. The van der Waals surface area contributed by atoms with Crippen molar-refractivity contribution in [3.8, 4) is 11.8 Å². The molecule has 5 aliphatic heterocycles. The van der Waals surface area contributed by atoms with Crippen molar-refractivity contribution < 1.29 is 28.8 Å². The van der Waals surface area contributed by atoms with Crippen LogP contribution in [0.5, 0.6) is 0 Å². The molecule has 0 radical (unpaired) electrons. The Balaban J connectivity index is 0.547. The van der Waals surface area contributed by atoms with Crippen LogP contribution in [0.25, 0.3) is 11.0 Å². The highest BCUT2D eigenvalue weighted by Gasteiger charge is 2.46. The fraction of sp³-hybridized carbons (Fsp3) is 0.450. The largest absolute Gasteiger partial charge is 0.380 e. The molecule has 5 aromatic heterocycles. The van der Waals surface area contributed by atoms with Crippen LogP contribution in [-0.2, 0) is 20.9 Å². The minimum atomic E-state index is -1.03. The predicted octanol–water partition coefficient (Wildman–Crippen LogP) is 5.64. The number of aromatic nitrogens is 7. The molecule has 3 N–H and O–H groups in total. The first-order valence-corrected chi connectivity index (χ1v) is 28.8. The van der Waals surface area contributed by atoms with E-state index in [1.54, 1.807) is 49.6 Å². The van der Waals surface area contributed by atoms with E-state index < -0.39 is 29.7 Å². The van der Waals surface area contributed by atoms with Gasteiger partial charge in [-0.15, -0.1) is 0 Å². The number of pyridine rings is 2. The van der Waals surface area contributed by atoms with Gasteiger partial charge < -0.3 is 34.8 Å². The van der Waals surface area contributed by atoms with Gasteiger partial charge in [0, 0.05) is 145 Å². The summed E-state index contributed by atoms with van der Waals surface area (Å²) in [6.07, 6.45) is 17.7. The minimum Gasteiger partial charge on any atom is -0.380 e. The zero-order valence-electron chi connectivity index (χ0n) is 46.4. The fourth-order valence-corrected chi connectivity index (χ4v) is 12.5. The number of piperidine rings is 3. The van der Waals surface area contributed by atoms with Gasteiger partial charge in [0.2, 0.25) is 23.7 Å². The van der Waals surface area contributed by atoms with E-state index in [0.29, 0.717) is 42.8 Å². The normalized spacial score (nSPS) is 19.4. The van der Waals surface area contributed by atoms with Crippen molar-refractivity contribution in [2.24, 2.45) is 5.92 Å². The smallest absolute Gasteiger partial charge is 0.270 e. The highest BCUT2D eigenvalue weighted by Crippen LogP contribution is 2.36. The quantitative estimate of drug-likeness (QED) is 0.0886. The summed E-state index contributed by atoms with van der Waals surface area (Å²) in [6.45, 7) is 7.79. The molecule has 0 spiro atoms. The Bertz CT molecular complexity index is 3460. The second-order valence-corrected chi connectivity index (χ2v) is 22.5. The Kier molecular flexibility index (Phi) is 15.4. The van der Waals surface area contributed by atoms with Crippen molar-refractivity contribution >= 4 is 75.4 Å². The molecule has 82 heavy (non-hydrogen) atoms. The molecule has 1 aliphatic carbocycles. The van der Waals surface area contributed by atoms with Crippen molar-refractivity contribution in [1.29, 1.82) is 0 Å². The van der Waals surface area contributed by atoms with E-state index >= 15 is 0 Å². The first-order chi connectivity index (χ1) is 39.9. The first-order valence-electron chi connectivity index (χ1n) is 28.8. The molecule has 0 bridgehead atoms. The molecular weight excluding hydrogens is 1040 g/mol. The third-order valence-electron chi connectivity index (χ3n) is 17.1. The van der Waals surface area contributed by atoms with E-state index in [0.717, 1.165) is 142 Å². The van der Waals surface area contributed by atoms with Gasteiger partial charge in [0.05, 0.1) is 35.2 Å². The zero-order chi connectivity index (χ0) is 56.4. The average molecular weight is 1110 g/mol. The van der Waals surface area contributed by atoms with Gasteiger partial charge >= 0.3 is 0 Å². The second-order valence-electron chi connectivity index (χ2n) is 22.5. The standard InChI is InChI=1S/C60H68N16O6/c1-69(2)58(81)49-32-42-36-64-60(68-54(42)75(49)44-9-3-4-10-44)66-50-16-14-45(37-62-50)71-30-28-70(29-31-71)23-6-5-8-39-13-17-51(63-33-39)72-24-19-41(20-25-72)56(79)73-26-21-43(22-27-73)74-38-40(35-65-74)34-61-47-12-7-11-46-53(47)59(82)76(57(46)80)48-15-18-52(77)67-55(48)78/h7,11-14,16-17,32-33,35-38,41,43-44,48,61H,3-4,6,9-10,15,18-31,34H2,1-2H3,(H,67,77,78)(H,62,64,66,68). The molecule has 12 rings (SSSR count). The van der Waals surface area contributed by atoms with Gasteiger partial charge in [-0.1, -0.05) is 30.7 Å². The molecule has 22 nitrogen and oxygen atoms in total. The summed E-state index contributed by atoms with van der Waals surface area (Å²) in [4.78, 5) is 109. The van der Waals surface area contributed by atoms with Crippen LogP contribution in [0, 0.1) is 17.8 Å². The molecule has 1 aromatic carbocycles. The number of imide groups is 2. The molecule has 22 heteroatoms. The number of carbonyl (C=O) groups is 6. The average Bonchev–Trinajstić information content (AvgIpc) is 4.53. The van der Waals surface area contributed by atoms with Crippen LogP contribution >= 0.6 is 0 Å². The van der Waals surface area contributed by atoms with E-state index in [4.69, 9.17) is 15.0 Å². The Morgan fingerprint density at radius 1 is 0.780 bits per heavy atom. The first kappa shape index (κ1) is 53.9. The van der Waals surface area contributed by atoms with E-state index in [2.05, 4.69) is 63.2 Å². The maximum atomic E-state index is 13.8. The number of rotatable bonds is 14. The second kappa shape index (κ2) is 23.4. The van der Waals surface area contributed by atoms with Gasteiger partial charge in [0.25, 0.3) is 17.7 Å². The molecule has 6 aliphatic rings. The lowest BCUT2D eigenvalue weighted by Crippen LogP contribution is -2.54. The van der Waals surface area contributed by atoms with Crippen LogP contribution in [0.3, 0.4) is 0 Å². The summed E-state index contributed by atoms with van der Waals surface area (Å²) in [5.41, 5.74) is 5.20. The van der Waals surface area contributed by atoms with Crippen molar-refractivity contribution in [2.45, 2.75) is 95.3 Å². The molecule has 5 fully saturated rings. The number of carbonyl (C=O) groups excluding carboxylic acids is 6. The van der Waals surface area contributed by atoms with Crippen LogP contribution < -0.4 is 25.8 Å². The number of amides is 6. The van der Waals surface area contributed by atoms with Crippen LogP contribution in [-0.4, -0.2) is 168 Å². The number of fused-ring (bicyclic) bond motifs is 2. The zero-order valence-corrected chi connectivity index (χ0v) is 46.4. The molecule has 1 atom stereocenters. The fourth-order valence-electron chi connectivity index (χ4n) is 12.5. The van der Waals surface area contributed by atoms with Gasteiger partial charge in [-0.25, -0.2) is 15.0 Å². The van der Waals surface area contributed by atoms with Gasteiger partial charge in [0.15, 0.2) is 0 Å². The van der Waals surface area contributed by atoms with E-state index in [1.165, 1.54) is 0 Å². The molecule has 1 saturated carbocycles.